The summed E-state index contributed by atoms with van der Waals surface area (Å²) >= 11 is 1.31. The summed E-state index contributed by atoms with van der Waals surface area (Å²) in [4.78, 5) is 5.17. The van der Waals surface area contributed by atoms with Crippen LogP contribution in [0.1, 0.15) is 37.5 Å². The lowest BCUT2D eigenvalue weighted by atomic mass is 10.2. The number of halogens is 1. The highest BCUT2D eigenvalue weighted by Crippen LogP contribution is 2.25. The summed E-state index contributed by atoms with van der Waals surface area (Å²) in [6.07, 6.45) is 4.81. The van der Waals surface area contributed by atoms with Crippen molar-refractivity contribution in [2.45, 2.75) is 43.4 Å². The van der Waals surface area contributed by atoms with Crippen molar-refractivity contribution in [2.75, 3.05) is 39.9 Å². The van der Waals surface area contributed by atoms with E-state index in [1.807, 2.05) is 6.07 Å². The Morgan fingerprint density at radius 1 is 1.22 bits per heavy atom. The highest BCUT2D eigenvalue weighted by Gasteiger charge is 2.27. The summed E-state index contributed by atoms with van der Waals surface area (Å²) in [5.74, 6) is 0.743. The Bertz CT molecular complexity index is 673. The molecule has 7 nitrogen and oxygen atoms in total. The van der Waals surface area contributed by atoms with Gasteiger partial charge in [-0.3, -0.25) is 4.99 Å². The molecule has 10 heteroatoms. The van der Waals surface area contributed by atoms with Gasteiger partial charge in [0.25, 0.3) is 10.0 Å². The Morgan fingerprint density at radius 2 is 1.96 bits per heavy atom. The maximum absolute atomic E-state index is 12.6. The number of unbranched alkanes of at least 4 members (excludes halogenated alkanes) is 3. The van der Waals surface area contributed by atoms with Crippen molar-refractivity contribution in [3.8, 4) is 0 Å². The van der Waals surface area contributed by atoms with E-state index >= 15 is 0 Å². The van der Waals surface area contributed by atoms with Crippen LogP contribution in [0.4, 0.5) is 0 Å². The van der Waals surface area contributed by atoms with Crippen molar-refractivity contribution in [1.82, 2.24) is 14.9 Å². The number of nitrogens with one attached hydrogen (secondary N) is 2. The second kappa shape index (κ2) is 12.9. The van der Waals surface area contributed by atoms with Gasteiger partial charge in [-0.25, -0.2) is 8.42 Å². The maximum atomic E-state index is 12.6. The number of sulfonamides is 1. The van der Waals surface area contributed by atoms with Crippen molar-refractivity contribution in [3.63, 3.8) is 0 Å². The molecule has 0 spiro atoms. The van der Waals surface area contributed by atoms with E-state index in [1.54, 1.807) is 13.1 Å². The number of hydrogen-bond acceptors (Lipinski definition) is 5. The highest BCUT2D eigenvalue weighted by molar-refractivity contribution is 14.0. The molecule has 0 atom stereocenters. The Hall–Kier alpha value is -0.430. The van der Waals surface area contributed by atoms with E-state index < -0.39 is 10.0 Å². The monoisotopic (exact) mass is 530 g/mol. The highest BCUT2D eigenvalue weighted by atomic mass is 127. The zero-order chi connectivity index (χ0) is 18.8. The van der Waals surface area contributed by atoms with Crippen LogP contribution in [0.15, 0.2) is 21.3 Å². The fourth-order valence-electron chi connectivity index (χ4n) is 2.66. The van der Waals surface area contributed by atoms with Crippen LogP contribution in [-0.2, 0) is 21.3 Å². The molecule has 0 saturated carbocycles. The molecule has 1 aromatic heterocycles. The van der Waals surface area contributed by atoms with Crippen LogP contribution in [-0.4, -0.2) is 58.6 Å². The fraction of sp³-hybridized carbons (Fsp3) is 0.706. The number of aliphatic imine (C=N–C) groups is 1. The number of morpholine rings is 1. The van der Waals surface area contributed by atoms with E-state index in [-0.39, 0.29) is 24.0 Å². The molecular formula is C17H31IN4O3S2. The standard InChI is InChI=1S/C17H30N4O3S2.HI/c1-3-4-5-6-9-19-17(18-2)20-14-15-7-8-16(25-15)26(22,23)21-10-12-24-13-11-21;/h7-8H,3-6,9-14H2,1-2H3,(H2,18,19,20);1H. The zero-order valence-corrected chi connectivity index (χ0v) is 20.0. The Balaban J connectivity index is 0.00000364. The first-order valence-corrected chi connectivity index (χ1v) is 11.4. The van der Waals surface area contributed by atoms with Gasteiger partial charge in [0.2, 0.25) is 0 Å². The van der Waals surface area contributed by atoms with E-state index in [0.717, 1.165) is 23.8 Å². The third-order valence-electron chi connectivity index (χ3n) is 4.18. The number of guanidine groups is 1. The third-order valence-corrected chi connectivity index (χ3v) is 7.63. The van der Waals surface area contributed by atoms with Crippen LogP contribution in [0.2, 0.25) is 0 Å². The molecule has 1 saturated heterocycles. The SMILES string of the molecule is CCCCCCNC(=NC)NCc1ccc(S(=O)(=O)N2CCOCC2)s1.I. The predicted octanol–water partition coefficient (Wildman–Crippen LogP) is 2.63. The van der Waals surface area contributed by atoms with Crippen LogP contribution in [0.25, 0.3) is 0 Å². The molecule has 0 amide bonds. The summed E-state index contributed by atoms with van der Waals surface area (Å²) in [5.41, 5.74) is 0. The number of rotatable bonds is 9. The molecule has 2 N–H and O–H groups in total. The smallest absolute Gasteiger partial charge is 0.252 e. The van der Waals surface area contributed by atoms with Gasteiger partial charge < -0.3 is 15.4 Å². The molecule has 1 aromatic rings. The lowest BCUT2D eigenvalue weighted by Crippen LogP contribution is -2.40. The molecule has 0 aromatic carbocycles. The largest absolute Gasteiger partial charge is 0.379 e. The minimum atomic E-state index is -3.41. The Morgan fingerprint density at radius 3 is 2.63 bits per heavy atom. The lowest BCUT2D eigenvalue weighted by Gasteiger charge is -2.25. The molecule has 1 aliphatic rings. The van der Waals surface area contributed by atoms with Crippen LogP contribution in [0, 0.1) is 0 Å². The molecule has 1 aliphatic heterocycles. The first-order valence-electron chi connectivity index (χ1n) is 9.19. The van der Waals surface area contributed by atoms with Gasteiger partial charge in [-0.15, -0.1) is 35.3 Å². The summed E-state index contributed by atoms with van der Waals surface area (Å²) in [5, 5.41) is 6.53. The van der Waals surface area contributed by atoms with Gasteiger partial charge in [0.15, 0.2) is 5.96 Å². The van der Waals surface area contributed by atoms with Gasteiger partial charge in [-0.05, 0) is 18.6 Å². The van der Waals surface area contributed by atoms with Crippen molar-refractivity contribution in [1.29, 1.82) is 0 Å². The topological polar surface area (TPSA) is 83.0 Å². The Labute approximate surface area is 184 Å². The van der Waals surface area contributed by atoms with Gasteiger partial charge >= 0.3 is 0 Å². The van der Waals surface area contributed by atoms with E-state index in [0.29, 0.717) is 37.1 Å². The van der Waals surface area contributed by atoms with Crippen molar-refractivity contribution < 1.29 is 13.2 Å². The molecule has 0 aliphatic carbocycles. The molecule has 1 fully saturated rings. The predicted molar refractivity (Wildman–Crippen MR) is 122 cm³/mol. The normalized spacial score (nSPS) is 16.0. The average Bonchev–Trinajstić information content (AvgIpc) is 3.14. The molecule has 0 radical (unpaired) electrons. The molecule has 27 heavy (non-hydrogen) atoms. The van der Waals surface area contributed by atoms with E-state index in [2.05, 4.69) is 22.5 Å². The minimum absolute atomic E-state index is 0. The van der Waals surface area contributed by atoms with Gasteiger partial charge in [-0.2, -0.15) is 4.31 Å². The third kappa shape index (κ3) is 7.84. The summed E-state index contributed by atoms with van der Waals surface area (Å²) in [6, 6.07) is 3.55. The molecule has 0 bridgehead atoms. The van der Waals surface area contributed by atoms with Gasteiger partial charge in [0.05, 0.1) is 19.8 Å². The Kier molecular flexibility index (Phi) is 11.8. The van der Waals surface area contributed by atoms with Crippen LogP contribution >= 0.6 is 35.3 Å². The first-order chi connectivity index (χ1) is 12.6. The second-order valence-electron chi connectivity index (χ2n) is 6.15. The van der Waals surface area contributed by atoms with Crippen molar-refractivity contribution >= 4 is 51.3 Å². The molecule has 2 heterocycles. The lowest BCUT2D eigenvalue weighted by molar-refractivity contribution is 0.0731. The van der Waals surface area contributed by atoms with Crippen molar-refractivity contribution in [3.05, 3.63) is 17.0 Å². The summed E-state index contributed by atoms with van der Waals surface area (Å²) < 4.78 is 32.4. The minimum Gasteiger partial charge on any atom is -0.379 e. The van der Waals surface area contributed by atoms with Crippen LogP contribution < -0.4 is 10.6 Å². The average molecular weight is 530 g/mol. The first kappa shape index (κ1) is 24.6. The molecular weight excluding hydrogens is 499 g/mol. The second-order valence-corrected chi connectivity index (χ2v) is 9.48. The number of nitrogens with zero attached hydrogens (tertiary/aromatic N) is 2. The van der Waals surface area contributed by atoms with Gasteiger partial charge in [-0.1, -0.05) is 26.2 Å². The number of thiophene rings is 1. The summed E-state index contributed by atoms with van der Waals surface area (Å²) in [6.45, 7) is 5.39. The van der Waals surface area contributed by atoms with Crippen LogP contribution in [0.5, 0.6) is 0 Å². The van der Waals surface area contributed by atoms with E-state index in [9.17, 15) is 8.42 Å². The number of hydrogen-bond donors (Lipinski definition) is 2. The maximum Gasteiger partial charge on any atom is 0.252 e. The zero-order valence-electron chi connectivity index (χ0n) is 16.1. The fourth-order valence-corrected chi connectivity index (χ4v) is 5.51. The van der Waals surface area contributed by atoms with E-state index in [1.165, 1.54) is 34.9 Å². The van der Waals surface area contributed by atoms with Gasteiger partial charge in [0.1, 0.15) is 4.21 Å². The quantitative estimate of drug-likeness (QED) is 0.222. The molecule has 156 valence electrons. The molecule has 2 rings (SSSR count). The summed E-state index contributed by atoms with van der Waals surface area (Å²) in [7, 11) is -1.67. The molecule has 0 unspecified atom stereocenters. The van der Waals surface area contributed by atoms with Crippen molar-refractivity contribution in [2.24, 2.45) is 4.99 Å². The van der Waals surface area contributed by atoms with Gasteiger partial charge in [0, 0.05) is 31.6 Å². The van der Waals surface area contributed by atoms with E-state index in [4.69, 9.17) is 4.74 Å². The number of ether oxygens (including phenoxy) is 1. The van der Waals surface area contributed by atoms with Crippen LogP contribution in [0.3, 0.4) is 0 Å².